The molecule has 7 heteroatoms. The summed E-state index contributed by atoms with van der Waals surface area (Å²) in [5.74, 6) is -0.194. The van der Waals surface area contributed by atoms with E-state index in [0.29, 0.717) is 44.0 Å². The molecule has 170 valence electrons. The van der Waals surface area contributed by atoms with Crippen molar-refractivity contribution in [3.8, 4) is 0 Å². The highest BCUT2D eigenvalue weighted by molar-refractivity contribution is 5.97. The number of carbonyl (C=O) groups excluding carboxylic acids is 3. The molecule has 2 aromatic carbocycles. The van der Waals surface area contributed by atoms with Gasteiger partial charge in [-0.05, 0) is 44.5 Å². The summed E-state index contributed by atoms with van der Waals surface area (Å²) in [4.78, 5) is 41.5. The zero-order valence-corrected chi connectivity index (χ0v) is 19.1. The Hall–Kier alpha value is -3.19. The Morgan fingerprint density at radius 3 is 2.28 bits per heavy atom. The van der Waals surface area contributed by atoms with Crippen LogP contribution in [0.15, 0.2) is 54.6 Å². The summed E-state index contributed by atoms with van der Waals surface area (Å²) in [7, 11) is 0. The van der Waals surface area contributed by atoms with E-state index in [4.69, 9.17) is 0 Å². The Morgan fingerprint density at radius 2 is 1.62 bits per heavy atom. The second kappa shape index (κ2) is 10.4. The Morgan fingerprint density at radius 1 is 0.938 bits per heavy atom. The van der Waals surface area contributed by atoms with Crippen molar-refractivity contribution in [3.63, 3.8) is 0 Å². The SMILES string of the molecule is CCNC(=O)c1cccc(NC(=O)CN2CCN(C(=O)C(C)(C)c3ccccc3)CC2)c1. The predicted octanol–water partition coefficient (Wildman–Crippen LogP) is 2.50. The summed E-state index contributed by atoms with van der Waals surface area (Å²) in [6.45, 7) is 9.04. The zero-order chi connectivity index (χ0) is 23.1. The first-order valence-corrected chi connectivity index (χ1v) is 11.1. The number of nitrogens with zero attached hydrogens (tertiary/aromatic N) is 2. The number of rotatable bonds is 7. The fourth-order valence-electron chi connectivity index (χ4n) is 3.89. The molecule has 3 rings (SSSR count). The van der Waals surface area contributed by atoms with Crippen molar-refractivity contribution < 1.29 is 14.4 Å². The van der Waals surface area contributed by atoms with Gasteiger partial charge in [-0.25, -0.2) is 0 Å². The van der Waals surface area contributed by atoms with E-state index < -0.39 is 5.41 Å². The maximum Gasteiger partial charge on any atom is 0.251 e. The molecule has 2 N–H and O–H groups in total. The summed E-state index contributed by atoms with van der Waals surface area (Å²) in [6.07, 6.45) is 0. The molecule has 0 bridgehead atoms. The van der Waals surface area contributed by atoms with E-state index >= 15 is 0 Å². The lowest BCUT2D eigenvalue weighted by Crippen LogP contribution is -2.54. The van der Waals surface area contributed by atoms with E-state index in [1.54, 1.807) is 24.3 Å². The molecule has 0 aromatic heterocycles. The van der Waals surface area contributed by atoms with Gasteiger partial charge in [-0.1, -0.05) is 36.4 Å². The van der Waals surface area contributed by atoms with Gasteiger partial charge < -0.3 is 15.5 Å². The second-order valence-electron chi connectivity index (χ2n) is 8.55. The van der Waals surface area contributed by atoms with Crippen LogP contribution >= 0.6 is 0 Å². The highest BCUT2D eigenvalue weighted by Gasteiger charge is 2.35. The largest absolute Gasteiger partial charge is 0.352 e. The van der Waals surface area contributed by atoms with Gasteiger partial charge in [-0.15, -0.1) is 0 Å². The van der Waals surface area contributed by atoms with Gasteiger partial charge in [0, 0.05) is 44.0 Å². The predicted molar refractivity (Wildman–Crippen MR) is 126 cm³/mol. The molecule has 2 aromatic rings. The van der Waals surface area contributed by atoms with Crippen LogP contribution < -0.4 is 10.6 Å². The van der Waals surface area contributed by atoms with Gasteiger partial charge in [0.15, 0.2) is 0 Å². The molecule has 1 aliphatic rings. The van der Waals surface area contributed by atoms with Crippen molar-refractivity contribution in [1.82, 2.24) is 15.1 Å². The fraction of sp³-hybridized carbons (Fsp3) is 0.400. The van der Waals surface area contributed by atoms with Crippen LogP contribution in [0, 0.1) is 0 Å². The van der Waals surface area contributed by atoms with Crippen molar-refractivity contribution >= 4 is 23.4 Å². The first kappa shape index (κ1) is 23.5. The van der Waals surface area contributed by atoms with Crippen LogP contribution in [-0.2, 0) is 15.0 Å². The summed E-state index contributed by atoms with van der Waals surface area (Å²) < 4.78 is 0. The summed E-state index contributed by atoms with van der Waals surface area (Å²) in [6, 6.07) is 16.7. The van der Waals surface area contributed by atoms with Gasteiger partial charge in [0.2, 0.25) is 11.8 Å². The van der Waals surface area contributed by atoms with Crippen molar-refractivity contribution in [2.24, 2.45) is 0 Å². The molecule has 0 atom stereocenters. The third kappa shape index (κ3) is 5.73. The minimum atomic E-state index is -0.587. The van der Waals surface area contributed by atoms with Crippen LogP contribution in [0.25, 0.3) is 0 Å². The Labute approximate surface area is 189 Å². The van der Waals surface area contributed by atoms with E-state index in [-0.39, 0.29) is 24.3 Å². The van der Waals surface area contributed by atoms with E-state index in [2.05, 4.69) is 10.6 Å². The third-order valence-corrected chi connectivity index (χ3v) is 5.80. The molecule has 1 heterocycles. The van der Waals surface area contributed by atoms with Gasteiger partial charge >= 0.3 is 0 Å². The van der Waals surface area contributed by atoms with Crippen LogP contribution in [0.2, 0.25) is 0 Å². The Balaban J connectivity index is 1.51. The molecule has 1 fully saturated rings. The third-order valence-electron chi connectivity index (χ3n) is 5.80. The Bertz CT molecular complexity index is 951. The van der Waals surface area contributed by atoms with Gasteiger partial charge in [-0.3, -0.25) is 19.3 Å². The molecule has 0 spiro atoms. The van der Waals surface area contributed by atoms with Gasteiger partial charge in [0.1, 0.15) is 0 Å². The molecule has 0 unspecified atom stereocenters. The standard InChI is InChI=1S/C25H32N4O3/c1-4-26-23(31)19-9-8-12-21(17-19)27-22(30)18-28-13-15-29(16-14-28)24(32)25(2,3)20-10-6-5-7-11-20/h5-12,17H,4,13-16,18H2,1-3H3,(H,26,31)(H,27,30). The Kier molecular flexibility index (Phi) is 7.64. The molecule has 3 amide bonds. The minimum Gasteiger partial charge on any atom is -0.352 e. The molecule has 1 saturated heterocycles. The number of hydrogen-bond acceptors (Lipinski definition) is 4. The number of hydrogen-bond donors (Lipinski definition) is 2. The van der Waals surface area contributed by atoms with Crippen LogP contribution in [-0.4, -0.2) is 66.8 Å². The lowest BCUT2D eigenvalue weighted by Gasteiger charge is -2.38. The number of benzene rings is 2. The van der Waals surface area contributed by atoms with E-state index in [0.717, 1.165) is 5.56 Å². The van der Waals surface area contributed by atoms with Gasteiger partial charge in [-0.2, -0.15) is 0 Å². The number of nitrogens with one attached hydrogen (secondary N) is 2. The number of amides is 3. The maximum absolute atomic E-state index is 13.1. The molecule has 0 aliphatic carbocycles. The van der Waals surface area contributed by atoms with Gasteiger partial charge in [0.05, 0.1) is 12.0 Å². The summed E-state index contributed by atoms with van der Waals surface area (Å²) >= 11 is 0. The van der Waals surface area contributed by atoms with E-state index in [9.17, 15) is 14.4 Å². The van der Waals surface area contributed by atoms with Crippen molar-refractivity contribution in [2.75, 3.05) is 44.6 Å². The van der Waals surface area contributed by atoms with Crippen LogP contribution in [0.1, 0.15) is 36.7 Å². The number of carbonyl (C=O) groups is 3. The van der Waals surface area contributed by atoms with Gasteiger partial charge in [0.25, 0.3) is 5.91 Å². The lowest BCUT2D eigenvalue weighted by atomic mass is 9.83. The lowest BCUT2D eigenvalue weighted by molar-refractivity contribution is -0.138. The summed E-state index contributed by atoms with van der Waals surface area (Å²) in [5.41, 5.74) is 1.52. The van der Waals surface area contributed by atoms with E-state index in [1.807, 2.05) is 60.9 Å². The maximum atomic E-state index is 13.1. The minimum absolute atomic E-state index is 0.106. The first-order chi connectivity index (χ1) is 15.3. The fourth-order valence-corrected chi connectivity index (χ4v) is 3.89. The van der Waals surface area contributed by atoms with Crippen LogP contribution in [0.4, 0.5) is 5.69 Å². The average Bonchev–Trinajstić information content (AvgIpc) is 2.80. The average molecular weight is 437 g/mol. The monoisotopic (exact) mass is 436 g/mol. The molecule has 32 heavy (non-hydrogen) atoms. The topological polar surface area (TPSA) is 81.8 Å². The quantitative estimate of drug-likeness (QED) is 0.699. The molecule has 0 radical (unpaired) electrons. The molecular weight excluding hydrogens is 404 g/mol. The van der Waals surface area contributed by atoms with Crippen LogP contribution in [0.5, 0.6) is 0 Å². The van der Waals surface area contributed by atoms with Crippen molar-refractivity contribution in [3.05, 3.63) is 65.7 Å². The van der Waals surface area contributed by atoms with E-state index in [1.165, 1.54) is 0 Å². The molecule has 0 saturated carbocycles. The second-order valence-corrected chi connectivity index (χ2v) is 8.55. The molecular formula is C25H32N4O3. The normalized spacial score (nSPS) is 14.7. The highest BCUT2D eigenvalue weighted by atomic mass is 16.2. The highest BCUT2D eigenvalue weighted by Crippen LogP contribution is 2.26. The van der Waals surface area contributed by atoms with Crippen molar-refractivity contribution in [2.45, 2.75) is 26.2 Å². The molecule has 7 nitrogen and oxygen atoms in total. The van der Waals surface area contributed by atoms with Crippen LogP contribution in [0.3, 0.4) is 0 Å². The smallest absolute Gasteiger partial charge is 0.251 e. The number of piperazine rings is 1. The van der Waals surface area contributed by atoms with Crippen molar-refractivity contribution in [1.29, 1.82) is 0 Å². The number of anilines is 1. The zero-order valence-electron chi connectivity index (χ0n) is 19.1. The summed E-state index contributed by atoms with van der Waals surface area (Å²) in [5, 5.41) is 5.62. The first-order valence-electron chi connectivity index (χ1n) is 11.1. The molecule has 1 aliphatic heterocycles.